The van der Waals surface area contributed by atoms with E-state index in [1.54, 1.807) is 42.5 Å². The Labute approximate surface area is 233 Å². The molecule has 0 aliphatic heterocycles. The predicted molar refractivity (Wildman–Crippen MR) is 153 cm³/mol. The Bertz CT molecular complexity index is 1360. The first-order valence-electron chi connectivity index (χ1n) is 12.0. The molecule has 3 rings (SSSR count). The maximum atomic E-state index is 12.8. The highest BCUT2D eigenvalue weighted by Crippen LogP contribution is 2.40. The number of hydrogen-bond donors (Lipinski definition) is 2. The van der Waals surface area contributed by atoms with Crippen LogP contribution in [0, 0.1) is 0 Å². The standard InChI is InChI=1S/C30H33NO9/c1-34-23-14-19(15-24(35-2)29(23)39-6)9-8-18-12-21(28(38-5)22(32)13-18)31-27(33)11-10-20-16-25(36-3)30(40-7)26(17-20)37-4/h8-17,32H,1-7H3,(H,31,33)/b9-8?,11-10+. The molecule has 0 aromatic heterocycles. The van der Waals surface area contributed by atoms with E-state index in [-0.39, 0.29) is 17.2 Å². The third-order valence-electron chi connectivity index (χ3n) is 5.82. The van der Waals surface area contributed by atoms with Crippen LogP contribution in [0.3, 0.4) is 0 Å². The number of rotatable bonds is 12. The average Bonchev–Trinajstić information content (AvgIpc) is 2.97. The van der Waals surface area contributed by atoms with Crippen molar-refractivity contribution in [2.45, 2.75) is 0 Å². The number of amides is 1. The molecule has 0 aliphatic rings. The Balaban J connectivity index is 1.88. The SMILES string of the molecule is COc1cc(C=Cc2cc(O)c(OC)c(NC(=O)/C=C/c3cc(OC)c(OC)c(OC)c3)c2)cc(OC)c1OC. The molecular weight excluding hydrogens is 518 g/mol. The number of carbonyl (C=O) groups is 1. The van der Waals surface area contributed by atoms with Gasteiger partial charge in [0.2, 0.25) is 17.4 Å². The van der Waals surface area contributed by atoms with Gasteiger partial charge in [0.25, 0.3) is 0 Å². The van der Waals surface area contributed by atoms with Crippen molar-refractivity contribution in [3.8, 4) is 46.0 Å². The first-order valence-corrected chi connectivity index (χ1v) is 12.0. The fraction of sp³-hybridized carbons (Fsp3) is 0.233. The first kappa shape index (κ1) is 29.6. The molecule has 0 saturated heterocycles. The van der Waals surface area contributed by atoms with Crippen LogP contribution in [0.2, 0.25) is 0 Å². The molecule has 3 aromatic carbocycles. The van der Waals surface area contributed by atoms with Gasteiger partial charge in [0, 0.05) is 6.08 Å². The summed E-state index contributed by atoms with van der Waals surface area (Å²) in [6, 6.07) is 10.2. The van der Waals surface area contributed by atoms with Crippen LogP contribution >= 0.6 is 0 Å². The van der Waals surface area contributed by atoms with E-state index in [4.69, 9.17) is 33.2 Å². The summed E-state index contributed by atoms with van der Waals surface area (Å²) in [6.45, 7) is 0. The number of ether oxygens (including phenoxy) is 7. The largest absolute Gasteiger partial charge is 0.504 e. The number of phenolic OH excluding ortho intramolecular Hbond substituents is 1. The minimum absolute atomic E-state index is 0.125. The summed E-state index contributed by atoms with van der Waals surface area (Å²) in [5, 5.41) is 13.3. The minimum Gasteiger partial charge on any atom is -0.504 e. The van der Waals surface area contributed by atoms with E-state index in [9.17, 15) is 9.90 Å². The van der Waals surface area contributed by atoms with Crippen molar-refractivity contribution in [3.05, 3.63) is 59.2 Å². The molecule has 3 aromatic rings. The third-order valence-corrected chi connectivity index (χ3v) is 5.82. The van der Waals surface area contributed by atoms with Gasteiger partial charge in [0.15, 0.2) is 34.5 Å². The second-order valence-electron chi connectivity index (χ2n) is 8.19. The van der Waals surface area contributed by atoms with E-state index >= 15 is 0 Å². The van der Waals surface area contributed by atoms with Crippen LogP contribution < -0.4 is 38.5 Å². The molecule has 0 heterocycles. The molecule has 10 nitrogen and oxygen atoms in total. The lowest BCUT2D eigenvalue weighted by atomic mass is 10.1. The van der Waals surface area contributed by atoms with Crippen molar-refractivity contribution in [1.29, 1.82) is 0 Å². The lowest BCUT2D eigenvalue weighted by molar-refractivity contribution is -0.111. The van der Waals surface area contributed by atoms with E-state index in [0.717, 1.165) is 5.56 Å². The van der Waals surface area contributed by atoms with E-state index in [2.05, 4.69) is 5.32 Å². The van der Waals surface area contributed by atoms with Gasteiger partial charge in [-0.1, -0.05) is 12.2 Å². The van der Waals surface area contributed by atoms with Crippen LogP contribution in [0.1, 0.15) is 16.7 Å². The van der Waals surface area contributed by atoms with Gasteiger partial charge in [-0.25, -0.2) is 0 Å². The Morgan fingerprint density at radius 1 is 0.575 bits per heavy atom. The second kappa shape index (κ2) is 13.7. The van der Waals surface area contributed by atoms with Gasteiger partial charge in [0.1, 0.15) is 0 Å². The fourth-order valence-electron chi connectivity index (χ4n) is 3.97. The molecule has 10 heteroatoms. The van der Waals surface area contributed by atoms with E-state index < -0.39 is 5.91 Å². The number of carbonyl (C=O) groups excluding carboxylic acids is 1. The van der Waals surface area contributed by atoms with Crippen molar-refractivity contribution in [3.63, 3.8) is 0 Å². The Kier molecular flexibility index (Phi) is 10.1. The van der Waals surface area contributed by atoms with Gasteiger partial charge in [0.05, 0.1) is 55.5 Å². The van der Waals surface area contributed by atoms with Crippen molar-refractivity contribution in [2.24, 2.45) is 0 Å². The predicted octanol–water partition coefficient (Wildman–Crippen LogP) is 5.27. The Hall–Kier alpha value is -4.99. The van der Waals surface area contributed by atoms with Crippen LogP contribution in [-0.2, 0) is 4.79 Å². The van der Waals surface area contributed by atoms with Crippen LogP contribution in [0.4, 0.5) is 5.69 Å². The smallest absolute Gasteiger partial charge is 0.248 e. The number of nitrogens with one attached hydrogen (secondary N) is 1. The maximum absolute atomic E-state index is 12.8. The summed E-state index contributed by atoms with van der Waals surface area (Å²) >= 11 is 0. The first-order chi connectivity index (χ1) is 19.3. The van der Waals surface area contributed by atoms with Crippen molar-refractivity contribution < 1.29 is 43.1 Å². The molecule has 0 radical (unpaired) electrons. The highest BCUT2D eigenvalue weighted by molar-refractivity contribution is 6.03. The van der Waals surface area contributed by atoms with Crippen molar-refractivity contribution in [2.75, 3.05) is 55.1 Å². The topological polar surface area (TPSA) is 114 Å². The second-order valence-corrected chi connectivity index (χ2v) is 8.19. The van der Waals surface area contributed by atoms with E-state index in [1.807, 2.05) is 6.08 Å². The summed E-state index contributed by atoms with van der Waals surface area (Å²) in [7, 11) is 10.6. The minimum atomic E-state index is -0.447. The lowest BCUT2D eigenvalue weighted by Gasteiger charge is -2.13. The highest BCUT2D eigenvalue weighted by atomic mass is 16.5. The molecule has 0 bridgehead atoms. The Morgan fingerprint density at radius 2 is 0.975 bits per heavy atom. The number of hydrogen-bond acceptors (Lipinski definition) is 9. The number of methoxy groups -OCH3 is 7. The van der Waals surface area contributed by atoms with Gasteiger partial charge < -0.3 is 43.6 Å². The quantitative estimate of drug-likeness (QED) is 0.229. The summed E-state index contributed by atoms with van der Waals surface area (Å²) in [5.74, 6) is 2.39. The van der Waals surface area contributed by atoms with Gasteiger partial charge in [-0.05, 0) is 59.2 Å². The molecule has 40 heavy (non-hydrogen) atoms. The van der Waals surface area contributed by atoms with Crippen LogP contribution in [0.15, 0.2) is 42.5 Å². The zero-order chi connectivity index (χ0) is 29.2. The van der Waals surface area contributed by atoms with Gasteiger partial charge in [-0.15, -0.1) is 0 Å². The molecular formula is C30H33NO9. The van der Waals surface area contributed by atoms with Crippen molar-refractivity contribution >= 4 is 29.8 Å². The molecule has 0 fully saturated rings. The molecule has 0 saturated carbocycles. The van der Waals surface area contributed by atoms with Gasteiger partial charge >= 0.3 is 0 Å². The summed E-state index contributed by atoms with van der Waals surface area (Å²) in [4.78, 5) is 12.8. The zero-order valence-corrected chi connectivity index (χ0v) is 23.5. The molecule has 0 unspecified atom stereocenters. The average molecular weight is 552 g/mol. The summed E-state index contributed by atoms with van der Waals surface area (Å²) < 4.78 is 37.6. The number of phenols is 1. The Morgan fingerprint density at radius 3 is 1.38 bits per heavy atom. The maximum Gasteiger partial charge on any atom is 0.248 e. The van der Waals surface area contributed by atoms with Crippen LogP contribution in [0.5, 0.6) is 46.0 Å². The van der Waals surface area contributed by atoms with E-state index in [1.165, 1.54) is 61.9 Å². The highest BCUT2D eigenvalue weighted by Gasteiger charge is 2.15. The normalized spacial score (nSPS) is 10.9. The molecule has 2 N–H and O–H groups in total. The molecule has 0 aliphatic carbocycles. The third kappa shape index (κ3) is 6.71. The van der Waals surface area contributed by atoms with Gasteiger partial charge in [-0.2, -0.15) is 0 Å². The number of benzene rings is 3. The fourth-order valence-corrected chi connectivity index (χ4v) is 3.97. The molecule has 212 valence electrons. The number of aromatic hydroxyl groups is 1. The lowest BCUT2D eigenvalue weighted by Crippen LogP contribution is -2.09. The zero-order valence-electron chi connectivity index (χ0n) is 23.5. The molecule has 0 spiro atoms. The molecule has 0 atom stereocenters. The molecule has 1 amide bonds. The van der Waals surface area contributed by atoms with Crippen LogP contribution in [-0.4, -0.2) is 60.8 Å². The summed E-state index contributed by atoms with van der Waals surface area (Å²) in [6.07, 6.45) is 6.51. The van der Waals surface area contributed by atoms with E-state index in [0.29, 0.717) is 45.6 Å². The van der Waals surface area contributed by atoms with Gasteiger partial charge in [-0.3, -0.25) is 4.79 Å². The number of anilines is 1. The summed E-state index contributed by atoms with van der Waals surface area (Å²) in [5.41, 5.74) is 2.31. The van der Waals surface area contributed by atoms with Crippen molar-refractivity contribution in [1.82, 2.24) is 0 Å². The monoisotopic (exact) mass is 551 g/mol. The van der Waals surface area contributed by atoms with Crippen LogP contribution in [0.25, 0.3) is 18.2 Å².